The summed E-state index contributed by atoms with van der Waals surface area (Å²) in [6.07, 6.45) is 2.67. The fraction of sp³-hybridized carbons (Fsp3) is 0.208. The lowest BCUT2D eigenvalue weighted by Crippen LogP contribution is -2.34. The van der Waals surface area contributed by atoms with E-state index < -0.39 is 17.9 Å². The summed E-state index contributed by atoms with van der Waals surface area (Å²) in [7, 11) is 1.73. The van der Waals surface area contributed by atoms with Crippen LogP contribution in [-0.2, 0) is 19.6 Å². The lowest BCUT2D eigenvalue weighted by molar-refractivity contribution is -0.141. The van der Waals surface area contributed by atoms with Crippen LogP contribution < -0.4 is 10.6 Å². The first-order chi connectivity index (χ1) is 17.2. The molecule has 0 aliphatic heterocycles. The van der Waals surface area contributed by atoms with E-state index in [-0.39, 0.29) is 5.91 Å². The van der Waals surface area contributed by atoms with Crippen molar-refractivity contribution in [3.63, 3.8) is 0 Å². The van der Waals surface area contributed by atoms with Crippen LogP contribution in [0.2, 0.25) is 0 Å². The zero-order chi connectivity index (χ0) is 25.2. The second-order valence-corrected chi connectivity index (χ2v) is 8.68. The fourth-order valence-electron chi connectivity index (χ4n) is 4.79. The zero-order valence-electron chi connectivity index (χ0n) is 18.9. The highest BCUT2D eigenvalue weighted by Crippen LogP contribution is 2.40. The van der Waals surface area contributed by atoms with Gasteiger partial charge in [0.05, 0.1) is 41.5 Å². The molecule has 5 aromatic rings. The summed E-state index contributed by atoms with van der Waals surface area (Å²) in [4.78, 5) is 27.9. The van der Waals surface area contributed by atoms with E-state index in [9.17, 15) is 18.0 Å². The van der Waals surface area contributed by atoms with E-state index in [4.69, 9.17) is 5.73 Å². The number of carbonyl (C=O) groups excluding carboxylic acids is 1. The molecular weight excluding hydrogens is 473 g/mol. The van der Waals surface area contributed by atoms with Gasteiger partial charge in [-0.3, -0.25) is 18.8 Å². The molecule has 4 aromatic heterocycles. The van der Waals surface area contributed by atoms with Gasteiger partial charge in [-0.2, -0.15) is 18.3 Å². The number of nitrogens with zero attached hydrogens (tertiary/aromatic N) is 7. The number of halogens is 3. The number of pyridine rings is 1. The highest BCUT2D eigenvalue weighted by atomic mass is 19.4. The molecule has 4 heterocycles. The van der Waals surface area contributed by atoms with Crippen molar-refractivity contribution in [3.8, 4) is 0 Å². The van der Waals surface area contributed by atoms with Crippen LogP contribution >= 0.6 is 0 Å². The predicted octanol–water partition coefficient (Wildman–Crippen LogP) is 3.95. The van der Waals surface area contributed by atoms with Gasteiger partial charge < -0.3 is 5.73 Å². The Bertz CT molecular complexity index is 1650. The quantitative estimate of drug-likeness (QED) is 0.409. The molecule has 0 radical (unpaired) electrons. The maximum Gasteiger partial charge on any atom is 0.433 e. The number of nitrogens with two attached hydrogens (primary N) is 1. The smallest absolute Gasteiger partial charge is 0.382 e. The summed E-state index contributed by atoms with van der Waals surface area (Å²) in [6.45, 7) is 0. The Morgan fingerprint density at radius 3 is 2.72 bits per heavy atom. The van der Waals surface area contributed by atoms with Gasteiger partial charge in [0.2, 0.25) is 0 Å². The normalized spacial score (nSPS) is 15.5. The molecule has 9 nitrogen and oxygen atoms in total. The third-order valence-corrected chi connectivity index (χ3v) is 6.44. The van der Waals surface area contributed by atoms with Gasteiger partial charge in [-0.25, -0.2) is 15.0 Å². The Hall–Kier alpha value is -4.48. The maximum atomic E-state index is 14.0. The van der Waals surface area contributed by atoms with E-state index >= 15 is 0 Å². The Balaban J connectivity index is 1.46. The molecule has 1 aromatic carbocycles. The molecule has 2 N–H and O–H groups in total. The summed E-state index contributed by atoms with van der Waals surface area (Å²) in [5.74, 6) is -0.00269. The van der Waals surface area contributed by atoms with Crippen LogP contribution in [0.5, 0.6) is 0 Å². The molecule has 1 unspecified atom stereocenters. The minimum Gasteiger partial charge on any atom is -0.382 e. The number of rotatable bonds is 3. The number of benzene rings is 1. The van der Waals surface area contributed by atoms with E-state index in [2.05, 4.69) is 20.1 Å². The molecule has 0 saturated heterocycles. The molecule has 0 bridgehead atoms. The van der Waals surface area contributed by atoms with Gasteiger partial charge in [0, 0.05) is 24.5 Å². The summed E-state index contributed by atoms with van der Waals surface area (Å²) >= 11 is 0. The van der Waals surface area contributed by atoms with Crippen molar-refractivity contribution < 1.29 is 18.0 Å². The summed E-state index contributed by atoms with van der Waals surface area (Å²) in [6, 6.07) is 6.96. The number of hydrogen-bond acceptors (Lipinski definition) is 6. The van der Waals surface area contributed by atoms with E-state index in [1.54, 1.807) is 64.1 Å². The minimum atomic E-state index is -4.53. The van der Waals surface area contributed by atoms with Crippen molar-refractivity contribution in [1.29, 1.82) is 0 Å². The minimum absolute atomic E-state index is 0.323. The summed E-state index contributed by atoms with van der Waals surface area (Å²) in [5.41, 5.74) is 8.79. The van der Waals surface area contributed by atoms with Crippen LogP contribution in [0.25, 0.3) is 16.6 Å². The first kappa shape index (κ1) is 22.0. The summed E-state index contributed by atoms with van der Waals surface area (Å²) < 4.78 is 43.0. The van der Waals surface area contributed by atoms with Crippen LogP contribution in [0.3, 0.4) is 0 Å². The molecule has 0 saturated carbocycles. The predicted molar refractivity (Wildman–Crippen MR) is 125 cm³/mol. The first-order valence-electron chi connectivity index (χ1n) is 11.1. The Morgan fingerprint density at radius 1 is 1.14 bits per heavy atom. The molecule has 182 valence electrons. The lowest BCUT2D eigenvalue weighted by Gasteiger charge is -2.28. The van der Waals surface area contributed by atoms with Crippen LogP contribution in [0.1, 0.15) is 39.8 Å². The van der Waals surface area contributed by atoms with Gasteiger partial charge in [0.15, 0.2) is 0 Å². The number of alkyl halides is 3. The standard InChI is InChI=1S/C24H19F3N8O/c1-33-11-14(9-30-33)35(18-6-5-16-15(18)3-7-21(31-16)24(25,26)27)23(36)13-2-4-17-19(8-13)34-12-29-10-20(34)22(28)32-17/h2-4,7-12,18H,5-6H2,1H3,(H2,28,32). The molecule has 1 atom stereocenters. The molecule has 36 heavy (non-hydrogen) atoms. The number of fused-ring (bicyclic) bond motifs is 4. The zero-order valence-corrected chi connectivity index (χ0v) is 18.9. The van der Waals surface area contributed by atoms with Crippen molar-refractivity contribution in [3.05, 3.63) is 77.8 Å². The van der Waals surface area contributed by atoms with Crippen LogP contribution in [0, 0.1) is 0 Å². The fourth-order valence-corrected chi connectivity index (χ4v) is 4.79. The van der Waals surface area contributed by atoms with Crippen molar-refractivity contribution in [2.45, 2.75) is 25.1 Å². The lowest BCUT2D eigenvalue weighted by atomic mass is 10.1. The second-order valence-electron chi connectivity index (χ2n) is 8.68. The van der Waals surface area contributed by atoms with Crippen molar-refractivity contribution in [2.75, 3.05) is 10.6 Å². The van der Waals surface area contributed by atoms with Crippen molar-refractivity contribution >= 4 is 34.0 Å². The number of aromatic nitrogens is 6. The number of hydrogen-bond donors (Lipinski definition) is 1. The SMILES string of the molecule is Cn1cc(N(C(=O)c2ccc3nc(N)c4cncn4c3c2)C2CCc3nc(C(F)(F)F)ccc32)cn1. The second kappa shape index (κ2) is 7.77. The van der Waals surface area contributed by atoms with Gasteiger partial charge in [0.1, 0.15) is 17.0 Å². The Kier molecular flexibility index (Phi) is 4.75. The third kappa shape index (κ3) is 3.44. The number of anilines is 2. The van der Waals surface area contributed by atoms with E-state index in [0.29, 0.717) is 57.7 Å². The van der Waals surface area contributed by atoms with Crippen LogP contribution in [0.15, 0.2) is 55.2 Å². The largest absolute Gasteiger partial charge is 0.433 e. The topological polar surface area (TPSA) is 107 Å². The molecular formula is C24H19F3N8O. The molecule has 0 fully saturated rings. The highest BCUT2D eigenvalue weighted by Gasteiger charge is 2.38. The Morgan fingerprint density at radius 2 is 1.97 bits per heavy atom. The van der Waals surface area contributed by atoms with Gasteiger partial charge in [-0.1, -0.05) is 6.07 Å². The van der Waals surface area contributed by atoms with E-state index in [1.807, 2.05) is 0 Å². The molecule has 1 aliphatic carbocycles. The van der Waals surface area contributed by atoms with E-state index in [0.717, 1.165) is 6.07 Å². The van der Waals surface area contributed by atoms with Gasteiger partial charge in [0.25, 0.3) is 5.91 Å². The molecule has 6 rings (SSSR count). The molecule has 0 spiro atoms. The molecule has 1 amide bonds. The van der Waals surface area contributed by atoms with Gasteiger partial charge in [-0.05, 0) is 42.7 Å². The first-order valence-corrected chi connectivity index (χ1v) is 11.1. The number of aryl methyl sites for hydroxylation is 2. The van der Waals surface area contributed by atoms with Crippen molar-refractivity contribution in [2.24, 2.45) is 7.05 Å². The Labute approximate surface area is 202 Å². The molecule has 1 aliphatic rings. The number of nitrogen functional groups attached to an aromatic ring is 1. The average Bonchev–Trinajstić information content (AvgIpc) is 3.59. The van der Waals surface area contributed by atoms with E-state index in [1.165, 1.54) is 6.07 Å². The van der Waals surface area contributed by atoms with Crippen LogP contribution in [0.4, 0.5) is 24.7 Å². The highest BCUT2D eigenvalue weighted by molar-refractivity contribution is 6.08. The molecule has 12 heteroatoms. The van der Waals surface area contributed by atoms with Crippen LogP contribution in [-0.4, -0.2) is 35.0 Å². The van der Waals surface area contributed by atoms with Gasteiger partial charge >= 0.3 is 6.18 Å². The number of carbonyl (C=O) groups is 1. The van der Waals surface area contributed by atoms with Gasteiger partial charge in [-0.15, -0.1) is 0 Å². The third-order valence-electron chi connectivity index (χ3n) is 6.44. The average molecular weight is 492 g/mol. The summed E-state index contributed by atoms with van der Waals surface area (Å²) in [5, 5.41) is 4.20. The number of amides is 1. The monoisotopic (exact) mass is 492 g/mol. The van der Waals surface area contributed by atoms with Crippen molar-refractivity contribution in [1.82, 2.24) is 29.1 Å². The number of imidazole rings is 1. The maximum absolute atomic E-state index is 14.0.